The van der Waals surface area contributed by atoms with Gasteiger partial charge >= 0.3 is 5.97 Å². The molecule has 2 amide bonds. The molecule has 124 valence electrons. The number of carboxylic acids is 1. The van der Waals surface area contributed by atoms with Crippen LogP contribution in [0.25, 0.3) is 0 Å². The lowest BCUT2D eigenvalue weighted by atomic mass is 10.0. The number of aliphatic carboxylic acids is 1. The van der Waals surface area contributed by atoms with Crippen LogP contribution in [0.1, 0.15) is 42.5 Å². The van der Waals surface area contributed by atoms with Crippen LogP contribution in [0.2, 0.25) is 0 Å². The molecule has 0 aliphatic carbocycles. The van der Waals surface area contributed by atoms with Gasteiger partial charge in [-0.15, -0.1) is 0 Å². The predicted molar refractivity (Wildman–Crippen MR) is 85.0 cm³/mol. The Hall–Kier alpha value is -2.37. The molecule has 0 spiro atoms. The second-order valence-corrected chi connectivity index (χ2v) is 5.66. The van der Waals surface area contributed by atoms with Gasteiger partial charge in [0.15, 0.2) is 0 Å². The van der Waals surface area contributed by atoms with Crippen molar-refractivity contribution < 1.29 is 19.5 Å². The summed E-state index contributed by atoms with van der Waals surface area (Å²) in [5.41, 5.74) is 0.584. The monoisotopic (exact) mass is 318 g/mol. The number of rotatable bonds is 6. The third-order valence-corrected chi connectivity index (χ3v) is 4.00. The number of nitrogens with one attached hydrogen (secondary N) is 1. The van der Waals surface area contributed by atoms with Crippen molar-refractivity contribution in [2.24, 2.45) is 0 Å². The lowest BCUT2D eigenvalue weighted by Crippen LogP contribution is -2.48. The van der Waals surface area contributed by atoms with Crippen molar-refractivity contribution >= 4 is 17.8 Å². The van der Waals surface area contributed by atoms with Gasteiger partial charge in [-0.3, -0.25) is 9.59 Å². The quantitative estimate of drug-likeness (QED) is 0.781. The summed E-state index contributed by atoms with van der Waals surface area (Å²) in [6.45, 7) is 0.900. The third kappa shape index (κ3) is 4.81. The number of likely N-dealkylation sites (tertiary alicyclic amines) is 1. The van der Waals surface area contributed by atoms with E-state index in [-0.39, 0.29) is 18.2 Å². The molecule has 23 heavy (non-hydrogen) atoms. The van der Waals surface area contributed by atoms with Gasteiger partial charge in [-0.1, -0.05) is 18.2 Å². The van der Waals surface area contributed by atoms with Gasteiger partial charge < -0.3 is 15.3 Å². The highest BCUT2D eigenvalue weighted by Gasteiger charge is 2.31. The molecule has 6 nitrogen and oxygen atoms in total. The maximum Gasteiger partial charge on any atom is 0.326 e. The Morgan fingerprint density at radius 1 is 1.17 bits per heavy atom. The Bertz CT molecular complexity index is 559. The molecule has 6 heteroatoms. The first-order valence-electron chi connectivity index (χ1n) is 7.95. The number of carbonyl (C=O) groups is 3. The van der Waals surface area contributed by atoms with Crippen LogP contribution in [0, 0.1) is 0 Å². The average Bonchev–Trinajstić information content (AvgIpc) is 2.59. The van der Waals surface area contributed by atoms with E-state index in [1.54, 1.807) is 24.3 Å². The summed E-state index contributed by atoms with van der Waals surface area (Å²) in [5.74, 6) is -1.25. The van der Waals surface area contributed by atoms with Crippen LogP contribution in [0.3, 0.4) is 0 Å². The topological polar surface area (TPSA) is 86.7 Å². The zero-order valence-corrected chi connectivity index (χ0v) is 13.0. The molecule has 0 radical (unpaired) electrons. The van der Waals surface area contributed by atoms with Crippen LogP contribution in [-0.4, -0.2) is 46.9 Å². The van der Waals surface area contributed by atoms with Crippen molar-refractivity contribution in [3.8, 4) is 0 Å². The number of carbonyl (C=O) groups excluding carboxylic acids is 2. The Labute approximate surface area is 135 Å². The van der Waals surface area contributed by atoms with Crippen LogP contribution in [0.5, 0.6) is 0 Å². The fraction of sp³-hybridized carbons (Fsp3) is 0.471. The van der Waals surface area contributed by atoms with Crippen molar-refractivity contribution in [3.63, 3.8) is 0 Å². The molecule has 1 aliphatic heterocycles. The minimum atomic E-state index is -0.935. The Morgan fingerprint density at radius 3 is 2.61 bits per heavy atom. The molecule has 1 atom stereocenters. The zero-order valence-electron chi connectivity index (χ0n) is 13.0. The molecule has 1 aromatic carbocycles. The summed E-state index contributed by atoms with van der Waals surface area (Å²) in [5, 5.41) is 11.9. The number of hydrogen-bond acceptors (Lipinski definition) is 3. The van der Waals surface area contributed by atoms with E-state index < -0.39 is 12.0 Å². The molecule has 1 aliphatic rings. The van der Waals surface area contributed by atoms with Gasteiger partial charge in [0.25, 0.3) is 5.91 Å². The highest BCUT2D eigenvalue weighted by atomic mass is 16.4. The summed E-state index contributed by atoms with van der Waals surface area (Å²) >= 11 is 0. The average molecular weight is 318 g/mol. The summed E-state index contributed by atoms with van der Waals surface area (Å²) in [7, 11) is 0. The largest absolute Gasteiger partial charge is 0.480 e. The Morgan fingerprint density at radius 2 is 1.91 bits per heavy atom. The number of benzene rings is 1. The molecule has 0 aromatic heterocycles. The first kappa shape index (κ1) is 17.0. The molecule has 1 saturated heterocycles. The molecular formula is C17H22N2O4. The smallest absolute Gasteiger partial charge is 0.326 e. The van der Waals surface area contributed by atoms with Gasteiger partial charge in [-0.05, 0) is 37.8 Å². The summed E-state index contributed by atoms with van der Waals surface area (Å²) in [4.78, 5) is 36.7. The zero-order chi connectivity index (χ0) is 16.7. The van der Waals surface area contributed by atoms with Crippen LogP contribution in [0.4, 0.5) is 0 Å². The van der Waals surface area contributed by atoms with E-state index >= 15 is 0 Å². The van der Waals surface area contributed by atoms with Crippen molar-refractivity contribution in [2.45, 2.75) is 38.1 Å². The molecular weight excluding hydrogens is 296 g/mol. The second-order valence-electron chi connectivity index (χ2n) is 5.66. The number of hydrogen-bond donors (Lipinski definition) is 2. The standard InChI is InChI=1S/C17H22N2O4/c20-15(19-12-5-4-9-14(19)17(22)23)10-6-11-18-16(21)13-7-2-1-3-8-13/h1-3,7-8,14H,4-6,9-12H2,(H,18,21)(H,22,23). The van der Waals surface area contributed by atoms with Crippen molar-refractivity contribution in [1.82, 2.24) is 10.2 Å². The van der Waals surface area contributed by atoms with E-state index in [1.165, 1.54) is 4.90 Å². The first-order chi connectivity index (χ1) is 11.1. The number of nitrogens with zero attached hydrogens (tertiary/aromatic N) is 1. The molecule has 0 saturated carbocycles. The van der Waals surface area contributed by atoms with Crippen LogP contribution < -0.4 is 5.32 Å². The van der Waals surface area contributed by atoms with Gasteiger partial charge in [-0.25, -0.2) is 4.79 Å². The van der Waals surface area contributed by atoms with Crippen LogP contribution in [-0.2, 0) is 9.59 Å². The van der Waals surface area contributed by atoms with E-state index in [9.17, 15) is 19.5 Å². The van der Waals surface area contributed by atoms with Crippen molar-refractivity contribution in [3.05, 3.63) is 35.9 Å². The fourth-order valence-corrected chi connectivity index (χ4v) is 2.76. The minimum Gasteiger partial charge on any atom is -0.480 e. The first-order valence-corrected chi connectivity index (χ1v) is 7.95. The number of piperidine rings is 1. The van der Waals surface area contributed by atoms with E-state index in [0.717, 1.165) is 12.8 Å². The highest BCUT2D eigenvalue weighted by molar-refractivity contribution is 5.94. The molecule has 1 fully saturated rings. The predicted octanol–water partition coefficient (Wildman–Crippen LogP) is 1.66. The fourth-order valence-electron chi connectivity index (χ4n) is 2.76. The molecule has 1 aromatic rings. The van der Waals surface area contributed by atoms with Gasteiger partial charge in [0.05, 0.1) is 0 Å². The molecule has 2 N–H and O–H groups in total. The lowest BCUT2D eigenvalue weighted by molar-refractivity contribution is -0.152. The van der Waals surface area contributed by atoms with Crippen molar-refractivity contribution in [2.75, 3.05) is 13.1 Å². The maximum absolute atomic E-state index is 12.2. The van der Waals surface area contributed by atoms with Crippen molar-refractivity contribution in [1.29, 1.82) is 0 Å². The second kappa shape index (κ2) is 8.31. The molecule has 0 bridgehead atoms. The van der Waals surface area contributed by atoms with Crippen LogP contribution in [0.15, 0.2) is 30.3 Å². The summed E-state index contributed by atoms with van der Waals surface area (Å²) in [6, 6.07) is 8.18. The minimum absolute atomic E-state index is 0.147. The van der Waals surface area contributed by atoms with Gasteiger partial charge in [-0.2, -0.15) is 0 Å². The SMILES string of the molecule is O=C(NCCCC(=O)N1CCCCC1C(=O)O)c1ccccc1. The third-order valence-electron chi connectivity index (χ3n) is 4.00. The van der Waals surface area contributed by atoms with Gasteiger partial charge in [0, 0.05) is 25.1 Å². The van der Waals surface area contributed by atoms with Gasteiger partial charge in [0.2, 0.25) is 5.91 Å². The molecule has 1 heterocycles. The Kier molecular flexibility index (Phi) is 6.14. The van der Waals surface area contributed by atoms with E-state index in [2.05, 4.69) is 5.32 Å². The summed E-state index contributed by atoms with van der Waals surface area (Å²) in [6.07, 6.45) is 2.96. The van der Waals surface area contributed by atoms with E-state index in [4.69, 9.17) is 0 Å². The normalized spacial score (nSPS) is 17.6. The van der Waals surface area contributed by atoms with Gasteiger partial charge in [0.1, 0.15) is 6.04 Å². The molecule has 2 rings (SSSR count). The number of amides is 2. The van der Waals surface area contributed by atoms with E-state index in [1.807, 2.05) is 6.07 Å². The maximum atomic E-state index is 12.2. The highest BCUT2D eigenvalue weighted by Crippen LogP contribution is 2.18. The number of carboxylic acid groups (broad SMARTS) is 1. The van der Waals surface area contributed by atoms with E-state index in [0.29, 0.717) is 31.5 Å². The summed E-state index contributed by atoms with van der Waals surface area (Å²) < 4.78 is 0. The Balaban J connectivity index is 1.74. The molecule has 1 unspecified atom stereocenters. The lowest BCUT2D eigenvalue weighted by Gasteiger charge is -2.33. The van der Waals surface area contributed by atoms with Crippen LogP contribution >= 0.6 is 0 Å².